The maximum absolute atomic E-state index is 14.4. The first-order valence-electron chi connectivity index (χ1n) is 27.8. The van der Waals surface area contributed by atoms with Crippen LogP contribution in [0, 0.1) is 29.6 Å². The van der Waals surface area contributed by atoms with Crippen molar-refractivity contribution in [2.24, 2.45) is 35.3 Å². The van der Waals surface area contributed by atoms with Gasteiger partial charge in [-0.3, -0.25) is 43.2 Å². The van der Waals surface area contributed by atoms with Crippen molar-refractivity contribution in [1.82, 2.24) is 30.5 Å². The van der Waals surface area contributed by atoms with Crippen molar-refractivity contribution in [3.8, 4) is 23.2 Å². The molecule has 0 radical (unpaired) electrons. The van der Waals surface area contributed by atoms with Crippen LogP contribution in [0.25, 0.3) is 29.2 Å². The van der Waals surface area contributed by atoms with Gasteiger partial charge in [-0.05, 0) is 37.7 Å². The molecule has 7 N–H and O–H groups in total. The number of carboxylic acid groups (broad SMARTS) is 2. The molecule has 470 valence electrons. The molecule has 85 heavy (non-hydrogen) atoms. The molecule has 0 aliphatic carbocycles. The van der Waals surface area contributed by atoms with Gasteiger partial charge in [-0.25, -0.2) is 15.0 Å². The molecule has 28 heteroatoms. The first-order chi connectivity index (χ1) is 40.3. The summed E-state index contributed by atoms with van der Waals surface area (Å²) in [7, 11) is 5.89. The van der Waals surface area contributed by atoms with E-state index in [0.717, 1.165) is 11.8 Å². The standard InChI is InChI=1S/C57H81N7O20S/c1-30(14-16-43(68)32(3)52(83-35(6)66)31(2)18-19-64(7)29-65)46(78-9)23-47-34(5)45(77-8)12-11-13-49-61-40(26-80-49)55-63-41(27-82-55)56-62-39(25-81-56)53(79-10)33(4)44(69)22-37(20-36(67)21-51(73)84-47)85-28-42(54(74)59-24-50(71)72)60-48(70)17-15-38(58)57(75)76/h11,13,18-19,25-27,29-34,36-38,42,45-47,52-53,67H,12,14-17,20-24,28,58H2,1-10H3,(H,59,74)(H,60,70)(H,71,72)(H,75,76)/b13-11?,19-18+/t30?,31?,32?,33?,34?,36?,37?,38-,42-,45?,46?,47?,52?,53?/m0/s1. The molecule has 4 rings (SSSR count). The van der Waals surface area contributed by atoms with Crippen molar-refractivity contribution in [3.05, 3.63) is 48.7 Å². The molecule has 3 amide bonds. The highest BCUT2D eigenvalue weighted by atomic mass is 32.2. The van der Waals surface area contributed by atoms with Gasteiger partial charge in [-0.15, -0.1) is 0 Å². The Morgan fingerprint density at radius 3 is 2.26 bits per heavy atom. The van der Waals surface area contributed by atoms with Crippen LogP contribution in [0.2, 0.25) is 0 Å². The third kappa shape index (κ3) is 22.4. The van der Waals surface area contributed by atoms with Crippen molar-refractivity contribution in [3.63, 3.8) is 0 Å². The number of carbonyl (C=O) groups excluding carboxylic acids is 7. The van der Waals surface area contributed by atoms with Crippen LogP contribution in [0.4, 0.5) is 0 Å². The number of aliphatic hydroxyl groups is 1. The van der Waals surface area contributed by atoms with E-state index in [9.17, 15) is 58.5 Å². The quantitative estimate of drug-likeness (QED) is 0.0450. The smallest absolute Gasteiger partial charge is 0.322 e. The van der Waals surface area contributed by atoms with E-state index < -0.39 is 138 Å². The molecule has 1 aliphatic rings. The zero-order valence-corrected chi connectivity index (χ0v) is 50.4. The number of ketones is 2. The van der Waals surface area contributed by atoms with Gasteiger partial charge in [0.05, 0.1) is 30.7 Å². The van der Waals surface area contributed by atoms with Crippen molar-refractivity contribution < 1.29 is 95.4 Å². The Balaban J connectivity index is 1.70. The van der Waals surface area contributed by atoms with Gasteiger partial charge in [0.25, 0.3) is 0 Å². The molecule has 0 fully saturated rings. The Kier molecular flexibility index (Phi) is 28.8. The highest BCUT2D eigenvalue weighted by molar-refractivity contribution is 8.00. The SMILES string of the molecule is COC(CC1OC(=O)CC(O)CC(SC[C@H](NC(=O)CC[C@H](N)C(=O)O)C(=O)NCC(=O)O)CC(=O)C(C)C(OC)c2coc(n2)-c2coc(n2)-c2coc(n2)C=CCC(OC)C1C)C(C)CCC(=O)C(C)C(OC(C)=O)C(C)/C=C/N(C)C=O. The van der Waals surface area contributed by atoms with E-state index in [2.05, 4.69) is 25.6 Å². The summed E-state index contributed by atoms with van der Waals surface area (Å²) in [5, 5.41) is 34.1. The fraction of sp³-hybridized carbons (Fsp3) is 0.614. The van der Waals surface area contributed by atoms with Crippen LogP contribution < -0.4 is 16.4 Å². The molecule has 14 atom stereocenters. The number of nitrogens with one attached hydrogen (secondary N) is 2. The normalized spacial score (nSPS) is 22.5. The predicted octanol–water partition coefficient (Wildman–Crippen LogP) is 4.56. The minimum Gasteiger partial charge on any atom is -0.480 e. The van der Waals surface area contributed by atoms with Crippen molar-refractivity contribution in [2.45, 2.75) is 153 Å². The number of nitrogens with two attached hydrogens (primary N) is 1. The van der Waals surface area contributed by atoms with Gasteiger partial charge in [-0.1, -0.05) is 46.8 Å². The van der Waals surface area contributed by atoms with Gasteiger partial charge >= 0.3 is 23.9 Å². The van der Waals surface area contributed by atoms with E-state index in [1.807, 2.05) is 13.8 Å². The number of nitrogens with zero attached hydrogens (tertiary/aromatic N) is 4. The summed E-state index contributed by atoms with van der Waals surface area (Å²) in [4.78, 5) is 130. The average Bonchev–Trinajstić information content (AvgIpc) is 3.93. The molecule has 0 spiro atoms. The number of ether oxygens (including phenoxy) is 5. The Morgan fingerprint density at radius 1 is 0.929 bits per heavy atom. The van der Waals surface area contributed by atoms with Crippen LogP contribution in [0.5, 0.6) is 0 Å². The van der Waals surface area contributed by atoms with Gasteiger partial charge in [0.1, 0.15) is 73.0 Å². The molecule has 0 saturated carbocycles. The van der Waals surface area contributed by atoms with Gasteiger partial charge in [-0.2, -0.15) is 11.8 Å². The fourth-order valence-electron chi connectivity index (χ4n) is 9.50. The maximum atomic E-state index is 14.4. The van der Waals surface area contributed by atoms with Crippen LogP contribution in [-0.2, 0) is 66.8 Å². The topological polar surface area (TPSA) is 392 Å². The van der Waals surface area contributed by atoms with E-state index in [0.29, 0.717) is 12.8 Å². The number of oxazole rings is 3. The Labute approximate surface area is 496 Å². The van der Waals surface area contributed by atoms with Crippen LogP contribution in [0.15, 0.2) is 50.4 Å². The maximum Gasteiger partial charge on any atom is 0.322 e. The number of cyclic esters (lactones) is 1. The Hall–Kier alpha value is -7.11. The largest absolute Gasteiger partial charge is 0.480 e. The monoisotopic (exact) mass is 1220 g/mol. The van der Waals surface area contributed by atoms with Gasteiger partial charge in [0, 0.05) is 95.9 Å². The number of thioether (sulfide) groups is 1. The second-order valence-electron chi connectivity index (χ2n) is 21.2. The van der Waals surface area contributed by atoms with Gasteiger partial charge in [0.15, 0.2) is 11.4 Å². The second kappa shape index (κ2) is 34.7. The van der Waals surface area contributed by atoms with E-state index in [1.165, 1.54) is 58.1 Å². The lowest BCUT2D eigenvalue weighted by Gasteiger charge is -2.34. The number of rotatable bonds is 27. The third-order valence-corrected chi connectivity index (χ3v) is 16.0. The first-order valence-corrected chi connectivity index (χ1v) is 28.8. The molecule has 4 heterocycles. The molecule has 1 aliphatic heterocycles. The lowest BCUT2D eigenvalue weighted by molar-refractivity contribution is -0.160. The van der Waals surface area contributed by atoms with Crippen LogP contribution >= 0.6 is 11.8 Å². The lowest BCUT2D eigenvalue weighted by atomic mass is 9.84. The van der Waals surface area contributed by atoms with E-state index in [4.69, 9.17) is 42.7 Å². The lowest BCUT2D eigenvalue weighted by Crippen LogP contribution is -2.49. The molecular formula is C57H81N7O20S. The summed E-state index contributed by atoms with van der Waals surface area (Å²) >= 11 is 0.968. The number of aromatic nitrogens is 3. The summed E-state index contributed by atoms with van der Waals surface area (Å²) in [6.45, 7) is 9.17. The first kappa shape index (κ1) is 70.4. The number of methoxy groups -OCH3 is 3. The molecule has 27 nitrogen and oxygen atoms in total. The predicted molar refractivity (Wildman–Crippen MR) is 304 cm³/mol. The Morgan fingerprint density at radius 2 is 1.61 bits per heavy atom. The summed E-state index contributed by atoms with van der Waals surface area (Å²) in [5.41, 5.74) is 6.24. The molecule has 0 saturated heterocycles. The molecular weight excluding hydrogens is 1130 g/mol. The zero-order chi connectivity index (χ0) is 63.1. The van der Waals surface area contributed by atoms with Gasteiger partial charge < -0.3 is 73.5 Å². The highest BCUT2D eigenvalue weighted by Gasteiger charge is 2.37. The van der Waals surface area contributed by atoms with E-state index in [1.54, 1.807) is 46.0 Å². The van der Waals surface area contributed by atoms with Crippen LogP contribution in [-0.4, -0.2) is 177 Å². The number of carbonyl (C=O) groups is 9. The number of hydrogen-bond acceptors (Lipinski definition) is 23. The summed E-state index contributed by atoms with van der Waals surface area (Å²) < 4.78 is 46.8. The number of carboxylic acids is 2. The number of amides is 3. The fourth-order valence-corrected chi connectivity index (χ4v) is 10.8. The number of fused-ring (bicyclic) bond motifs is 8. The summed E-state index contributed by atoms with van der Waals surface area (Å²) in [6, 6.07) is -2.82. The summed E-state index contributed by atoms with van der Waals surface area (Å²) in [5.74, 6) is -9.42. The van der Waals surface area contributed by atoms with Crippen LogP contribution in [0.1, 0.15) is 117 Å². The van der Waals surface area contributed by atoms with Gasteiger partial charge in [0.2, 0.25) is 35.9 Å². The minimum absolute atomic E-state index is 0.0279. The molecule has 3 aromatic heterocycles. The molecule has 12 unspecified atom stereocenters. The minimum atomic E-state index is -1.48. The molecule has 6 bridgehead atoms. The van der Waals surface area contributed by atoms with E-state index >= 15 is 0 Å². The zero-order valence-electron chi connectivity index (χ0n) is 49.5. The number of esters is 2. The molecule has 3 aromatic rings. The number of hydrogen-bond donors (Lipinski definition) is 6. The number of aliphatic carboxylic acids is 2. The second-order valence-corrected chi connectivity index (χ2v) is 22.5. The molecule has 0 aromatic carbocycles. The van der Waals surface area contributed by atoms with Crippen molar-refractivity contribution in [1.29, 1.82) is 0 Å². The van der Waals surface area contributed by atoms with Crippen molar-refractivity contribution in [2.75, 3.05) is 40.7 Å². The number of Topliss-reactive ketones (excluding diaryl/α,β-unsaturated/α-hetero) is 2. The van der Waals surface area contributed by atoms with E-state index in [-0.39, 0.29) is 90.7 Å². The average molecular weight is 1220 g/mol. The highest BCUT2D eigenvalue weighted by Crippen LogP contribution is 2.34. The third-order valence-electron chi connectivity index (χ3n) is 14.7. The van der Waals surface area contributed by atoms with Crippen LogP contribution in [0.3, 0.4) is 0 Å². The Bertz CT molecular complexity index is 2760. The van der Waals surface area contributed by atoms with Crippen molar-refractivity contribution >= 4 is 71.5 Å². The number of aliphatic hydroxyl groups excluding tert-OH is 1. The summed E-state index contributed by atoms with van der Waals surface area (Å²) in [6.07, 6.45) is 4.52.